The molecule has 5 nitrogen and oxygen atoms in total. The van der Waals surface area contributed by atoms with Crippen molar-refractivity contribution in [3.63, 3.8) is 0 Å². The summed E-state index contributed by atoms with van der Waals surface area (Å²) in [4.78, 5) is 11.0. The van der Waals surface area contributed by atoms with Crippen LogP contribution in [0.4, 0.5) is 0 Å². The van der Waals surface area contributed by atoms with Gasteiger partial charge in [-0.3, -0.25) is 4.79 Å². The van der Waals surface area contributed by atoms with Crippen molar-refractivity contribution in [3.8, 4) is 0 Å². The van der Waals surface area contributed by atoms with Gasteiger partial charge in [-0.2, -0.15) is 0 Å². The van der Waals surface area contributed by atoms with Crippen molar-refractivity contribution in [1.82, 2.24) is 5.32 Å². The summed E-state index contributed by atoms with van der Waals surface area (Å²) < 4.78 is 30.6. The molecule has 0 aromatic heterocycles. The molecule has 0 aromatic carbocycles. The largest absolute Gasteiger partial charge is 1.00 e. The molecule has 0 saturated carbocycles. The van der Waals surface area contributed by atoms with E-state index in [2.05, 4.69) is 11.9 Å². The van der Waals surface area contributed by atoms with Gasteiger partial charge in [0.15, 0.2) is 0 Å². The molecule has 0 spiro atoms. The smallest absolute Gasteiger partial charge is 0.747 e. The van der Waals surface area contributed by atoms with Crippen LogP contribution in [0.25, 0.3) is 0 Å². The van der Waals surface area contributed by atoms with Gasteiger partial charge >= 0.3 is 58.2 Å². The molecular weight excluding hydrogens is 292 g/mol. The van der Waals surface area contributed by atoms with Crippen LogP contribution in [0.1, 0.15) is 20.8 Å². The second kappa shape index (κ2) is 6.61. The predicted molar refractivity (Wildman–Crippen MR) is 51.6 cm³/mol. The van der Waals surface area contributed by atoms with Crippen LogP contribution in [0.3, 0.4) is 0 Å². The first-order valence-corrected chi connectivity index (χ1v) is 5.38. The molecule has 0 radical (unpaired) electrons. The van der Waals surface area contributed by atoms with E-state index in [4.69, 9.17) is 0 Å². The summed E-state index contributed by atoms with van der Waals surface area (Å²) in [7, 11) is -4.42. The van der Waals surface area contributed by atoms with E-state index in [-0.39, 0.29) is 70.3 Å². The number of hydrogen-bond acceptors (Lipinski definition) is 4. The third-order valence-electron chi connectivity index (χ3n) is 1.74. The number of carbonyl (C=O) groups is 1. The zero-order valence-electron chi connectivity index (χ0n) is 9.46. The maximum atomic E-state index is 11.0. The molecular formula is C8H14NO4RbS. The molecule has 0 heterocycles. The summed E-state index contributed by atoms with van der Waals surface area (Å²) in [6, 6.07) is 0. The maximum absolute atomic E-state index is 11.0. The molecule has 0 atom stereocenters. The third kappa shape index (κ3) is 6.28. The van der Waals surface area contributed by atoms with E-state index < -0.39 is 20.8 Å². The Balaban J connectivity index is 0. The number of carbonyl (C=O) groups excluding carboxylic acids is 1. The predicted octanol–water partition coefficient (Wildman–Crippen LogP) is -2.99. The van der Waals surface area contributed by atoms with Gasteiger partial charge in [0, 0.05) is 12.1 Å². The molecule has 15 heavy (non-hydrogen) atoms. The van der Waals surface area contributed by atoms with Gasteiger partial charge < -0.3 is 9.87 Å². The normalized spacial score (nSPS) is 11.5. The van der Waals surface area contributed by atoms with Gasteiger partial charge in [-0.05, 0) is 20.8 Å². The summed E-state index contributed by atoms with van der Waals surface area (Å²) in [5.74, 6) is -0.457. The first-order chi connectivity index (χ1) is 6.08. The molecule has 1 amide bonds. The van der Waals surface area contributed by atoms with Crippen LogP contribution in [0.5, 0.6) is 0 Å². The number of hydrogen-bond donors (Lipinski definition) is 1. The quantitative estimate of drug-likeness (QED) is 0.443. The summed E-state index contributed by atoms with van der Waals surface area (Å²) in [5.41, 5.74) is 0.268. The average molecular weight is 306 g/mol. The van der Waals surface area contributed by atoms with Gasteiger partial charge in [-0.15, -0.1) is 0 Å². The molecule has 0 aromatic rings. The second-order valence-electron chi connectivity index (χ2n) is 3.68. The minimum absolute atomic E-state index is 0. The van der Waals surface area contributed by atoms with Crippen LogP contribution in [-0.4, -0.2) is 30.2 Å². The Hall–Kier alpha value is 0.925. The van der Waals surface area contributed by atoms with Gasteiger partial charge in [0.25, 0.3) is 0 Å². The fourth-order valence-corrected chi connectivity index (χ4v) is 0.781. The van der Waals surface area contributed by atoms with Crippen LogP contribution in [-0.2, 0) is 14.9 Å². The molecule has 0 bridgehead atoms. The van der Waals surface area contributed by atoms with E-state index in [0.29, 0.717) is 0 Å². The van der Waals surface area contributed by atoms with Crippen LogP contribution >= 0.6 is 0 Å². The first kappa shape index (κ1) is 18.3. The van der Waals surface area contributed by atoms with E-state index >= 15 is 0 Å². The molecule has 7 heteroatoms. The van der Waals surface area contributed by atoms with Crippen LogP contribution in [0.2, 0.25) is 0 Å². The minimum Gasteiger partial charge on any atom is -0.747 e. The first-order valence-electron chi connectivity index (χ1n) is 3.97. The van der Waals surface area contributed by atoms with E-state index in [9.17, 15) is 17.8 Å². The topological polar surface area (TPSA) is 86.3 Å². The van der Waals surface area contributed by atoms with Crippen molar-refractivity contribution < 1.29 is 76.0 Å². The van der Waals surface area contributed by atoms with Crippen molar-refractivity contribution >= 4 is 16.0 Å². The van der Waals surface area contributed by atoms with Crippen LogP contribution in [0.15, 0.2) is 12.2 Å². The summed E-state index contributed by atoms with van der Waals surface area (Å²) in [5, 5.41) is 2.31. The molecule has 0 aliphatic carbocycles. The van der Waals surface area contributed by atoms with Gasteiger partial charge in [0.1, 0.15) is 10.1 Å². The Morgan fingerprint density at radius 1 is 1.47 bits per heavy atom. The van der Waals surface area contributed by atoms with Crippen molar-refractivity contribution in [1.29, 1.82) is 0 Å². The average Bonchev–Trinajstić information content (AvgIpc) is 1.97. The molecule has 82 valence electrons. The molecule has 1 N–H and O–H groups in total. The van der Waals surface area contributed by atoms with Crippen molar-refractivity contribution in [2.45, 2.75) is 25.5 Å². The Labute approximate surface area is 139 Å². The van der Waals surface area contributed by atoms with Gasteiger partial charge in [0.05, 0.1) is 4.75 Å². The number of nitrogens with one attached hydrogen (secondary N) is 1. The Kier molecular flexibility index (Phi) is 8.06. The zero-order chi connectivity index (χ0) is 11.6. The third-order valence-corrected chi connectivity index (χ3v) is 3.24. The number of rotatable bonds is 4. The SMILES string of the molecule is C=C(C)C(=O)NCC(C)(C)S(=O)(=O)[O-].[Rb+]. The minimum atomic E-state index is -4.42. The fourth-order valence-electron chi connectivity index (χ4n) is 0.532. The standard InChI is InChI=1S/C8H15NO4S.Rb/c1-6(2)7(10)9-5-8(3,4)14(11,12)13;/h1,5H2,2-4H3,(H,9,10)(H,11,12,13);/q;+1/p-1. The monoisotopic (exact) mass is 305 g/mol. The van der Waals surface area contributed by atoms with E-state index in [1.807, 2.05) is 0 Å². The van der Waals surface area contributed by atoms with Crippen molar-refractivity contribution in [2.75, 3.05) is 6.54 Å². The van der Waals surface area contributed by atoms with Crippen molar-refractivity contribution in [3.05, 3.63) is 12.2 Å². The Bertz CT molecular complexity index is 348. The van der Waals surface area contributed by atoms with Crippen LogP contribution in [0, 0.1) is 0 Å². The summed E-state index contributed by atoms with van der Waals surface area (Å²) in [6.45, 7) is 7.17. The summed E-state index contributed by atoms with van der Waals surface area (Å²) >= 11 is 0. The second-order valence-corrected chi connectivity index (χ2v) is 5.69. The summed E-state index contributed by atoms with van der Waals surface area (Å²) in [6.07, 6.45) is 0. The van der Waals surface area contributed by atoms with Gasteiger partial charge in [-0.25, -0.2) is 8.42 Å². The van der Waals surface area contributed by atoms with E-state index in [1.165, 1.54) is 20.8 Å². The van der Waals surface area contributed by atoms with E-state index in [0.717, 1.165) is 0 Å². The van der Waals surface area contributed by atoms with Crippen molar-refractivity contribution in [2.24, 2.45) is 0 Å². The Morgan fingerprint density at radius 3 is 2.13 bits per heavy atom. The molecule has 0 unspecified atom stereocenters. The molecule has 0 rings (SSSR count). The molecule has 0 aliphatic rings. The zero-order valence-corrected chi connectivity index (χ0v) is 15.2. The molecule has 0 fully saturated rings. The Morgan fingerprint density at radius 2 is 1.87 bits per heavy atom. The van der Waals surface area contributed by atoms with Crippen LogP contribution < -0.4 is 63.5 Å². The maximum Gasteiger partial charge on any atom is 1.00 e. The molecule has 0 aliphatic heterocycles. The van der Waals surface area contributed by atoms with Gasteiger partial charge in [-0.1, -0.05) is 6.58 Å². The van der Waals surface area contributed by atoms with E-state index in [1.54, 1.807) is 0 Å². The molecule has 0 saturated heterocycles. The van der Waals surface area contributed by atoms with Gasteiger partial charge in [0.2, 0.25) is 5.91 Å². The fraction of sp³-hybridized carbons (Fsp3) is 0.625. The number of amides is 1.